The second-order valence-corrected chi connectivity index (χ2v) is 4.40. The van der Waals surface area contributed by atoms with Gasteiger partial charge in [0.05, 0.1) is 0 Å². The number of nitrogens with zero attached hydrogens (tertiary/aromatic N) is 1. The van der Waals surface area contributed by atoms with Crippen molar-refractivity contribution < 1.29 is 4.79 Å². The fraction of sp³-hybridized carbons (Fsp3) is 0.500. The quantitative estimate of drug-likeness (QED) is 0.746. The molecule has 16 heavy (non-hydrogen) atoms. The standard InChI is InChI=1S/C14H19NO/c1-2-12-6-8-13(9-7-12)14(16)15-10-4-3-5-11-15/h6-9H,2-5,10-11H2,1H3. The molecule has 1 fully saturated rings. The van der Waals surface area contributed by atoms with E-state index in [0.717, 1.165) is 37.9 Å². The highest BCUT2D eigenvalue weighted by atomic mass is 16.2. The van der Waals surface area contributed by atoms with Crippen LogP contribution < -0.4 is 0 Å². The molecule has 86 valence electrons. The number of piperidine rings is 1. The van der Waals surface area contributed by atoms with Gasteiger partial charge in [-0.25, -0.2) is 0 Å². The number of carbonyl (C=O) groups is 1. The minimum absolute atomic E-state index is 0.197. The van der Waals surface area contributed by atoms with E-state index in [0.29, 0.717) is 0 Å². The molecule has 1 aliphatic rings. The average Bonchev–Trinajstić information content (AvgIpc) is 2.39. The van der Waals surface area contributed by atoms with E-state index in [1.807, 2.05) is 17.0 Å². The summed E-state index contributed by atoms with van der Waals surface area (Å²) in [4.78, 5) is 14.1. The largest absolute Gasteiger partial charge is 0.339 e. The molecule has 1 amide bonds. The van der Waals surface area contributed by atoms with E-state index >= 15 is 0 Å². The van der Waals surface area contributed by atoms with Gasteiger partial charge in [-0.15, -0.1) is 0 Å². The van der Waals surface area contributed by atoms with Crippen LogP contribution in [0.2, 0.25) is 0 Å². The monoisotopic (exact) mass is 217 g/mol. The topological polar surface area (TPSA) is 20.3 Å². The van der Waals surface area contributed by atoms with E-state index in [4.69, 9.17) is 0 Å². The van der Waals surface area contributed by atoms with E-state index in [-0.39, 0.29) is 5.91 Å². The molecular formula is C14H19NO. The van der Waals surface area contributed by atoms with Gasteiger partial charge in [-0.2, -0.15) is 0 Å². The molecule has 1 aliphatic heterocycles. The number of carbonyl (C=O) groups excluding carboxylic acids is 1. The van der Waals surface area contributed by atoms with E-state index < -0.39 is 0 Å². The summed E-state index contributed by atoms with van der Waals surface area (Å²) in [6.07, 6.45) is 4.59. The van der Waals surface area contributed by atoms with Gasteiger partial charge in [-0.1, -0.05) is 19.1 Å². The van der Waals surface area contributed by atoms with Gasteiger partial charge in [0.15, 0.2) is 0 Å². The Hall–Kier alpha value is -1.31. The van der Waals surface area contributed by atoms with Crippen molar-refractivity contribution >= 4 is 5.91 Å². The number of amides is 1. The second-order valence-electron chi connectivity index (χ2n) is 4.40. The molecule has 0 unspecified atom stereocenters. The van der Waals surface area contributed by atoms with Gasteiger partial charge in [0.1, 0.15) is 0 Å². The molecule has 2 heteroatoms. The van der Waals surface area contributed by atoms with Gasteiger partial charge in [-0.05, 0) is 43.4 Å². The number of benzene rings is 1. The van der Waals surface area contributed by atoms with Gasteiger partial charge in [0, 0.05) is 18.7 Å². The Morgan fingerprint density at radius 1 is 1.12 bits per heavy atom. The molecule has 1 aromatic rings. The zero-order valence-corrected chi connectivity index (χ0v) is 9.91. The number of hydrogen-bond donors (Lipinski definition) is 0. The molecule has 0 radical (unpaired) electrons. The molecule has 1 heterocycles. The molecule has 0 bridgehead atoms. The fourth-order valence-corrected chi connectivity index (χ4v) is 2.16. The lowest BCUT2D eigenvalue weighted by Crippen LogP contribution is -2.35. The van der Waals surface area contributed by atoms with Crippen LogP contribution in [0.3, 0.4) is 0 Å². The molecule has 0 aromatic heterocycles. The van der Waals surface area contributed by atoms with Crippen molar-refractivity contribution in [1.82, 2.24) is 4.90 Å². The van der Waals surface area contributed by atoms with Gasteiger partial charge in [0.25, 0.3) is 5.91 Å². The van der Waals surface area contributed by atoms with Crippen LogP contribution in [0.25, 0.3) is 0 Å². The van der Waals surface area contributed by atoms with E-state index in [9.17, 15) is 4.79 Å². The summed E-state index contributed by atoms with van der Waals surface area (Å²) in [5.41, 5.74) is 2.12. The Kier molecular flexibility index (Phi) is 3.60. The highest BCUT2D eigenvalue weighted by molar-refractivity contribution is 5.94. The van der Waals surface area contributed by atoms with Crippen LogP contribution in [0.15, 0.2) is 24.3 Å². The number of rotatable bonds is 2. The molecule has 1 saturated heterocycles. The summed E-state index contributed by atoms with van der Waals surface area (Å²) < 4.78 is 0. The average molecular weight is 217 g/mol. The lowest BCUT2D eigenvalue weighted by molar-refractivity contribution is 0.0724. The van der Waals surface area contributed by atoms with Gasteiger partial charge >= 0.3 is 0 Å². The van der Waals surface area contributed by atoms with E-state index in [1.54, 1.807) is 0 Å². The maximum absolute atomic E-state index is 12.1. The van der Waals surface area contributed by atoms with E-state index in [2.05, 4.69) is 19.1 Å². The molecule has 0 saturated carbocycles. The maximum atomic E-state index is 12.1. The predicted octanol–water partition coefficient (Wildman–Crippen LogP) is 2.88. The first-order valence-corrected chi connectivity index (χ1v) is 6.19. The van der Waals surface area contributed by atoms with Crippen LogP contribution in [0, 0.1) is 0 Å². The Balaban J connectivity index is 2.07. The Morgan fingerprint density at radius 3 is 2.31 bits per heavy atom. The summed E-state index contributed by atoms with van der Waals surface area (Å²) in [5, 5.41) is 0. The van der Waals surface area contributed by atoms with Crippen molar-refractivity contribution in [2.24, 2.45) is 0 Å². The highest BCUT2D eigenvalue weighted by Crippen LogP contribution is 2.13. The van der Waals surface area contributed by atoms with Crippen molar-refractivity contribution in [3.8, 4) is 0 Å². The molecule has 2 nitrogen and oxygen atoms in total. The van der Waals surface area contributed by atoms with Crippen LogP contribution in [0.4, 0.5) is 0 Å². The van der Waals surface area contributed by atoms with Gasteiger partial charge in [0.2, 0.25) is 0 Å². The normalized spacial score (nSPS) is 16.2. The summed E-state index contributed by atoms with van der Waals surface area (Å²) in [6.45, 7) is 3.98. The highest BCUT2D eigenvalue weighted by Gasteiger charge is 2.17. The predicted molar refractivity (Wildman–Crippen MR) is 65.6 cm³/mol. The second kappa shape index (κ2) is 5.15. The minimum atomic E-state index is 0.197. The smallest absolute Gasteiger partial charge is 0.253 e. The van der Waals surface area contributed by atoms with Crippen molar-refractivity contribution in [2.75, 3.05) is 13.1 Å². The van der Waals surface area contributed by atoms with Crippen LogP contribution in [-0.2, 0) is 6.42 Å². The lowest BCUT2D eigenvalue weighted by Gasteiger charge is -2.26. The van der Waals surface area contributed by atoms with Crippen molar-refractivity contribution in [3.05, 3.63) is 35.4 Å². The Labute approximate surface area is 97.3 Å². The van der Waals surface area contributed by atoms with Crippen LogP contribution in [0.5, 0.6) is 0 Å². The third kappa shape index (κ3) is 2.43. The third-order valence-electron chi connectivity index (χ3n) is 3.25. The Bertz CT molecular complexity index is 350. The van der Waals surface area contributed by atoms with Gasteiger partial charge < -0.3 is 4.90 Å². The zero-order valence-electron chi connectivity index (χ0n) is 9.91. The van der Waals surface area contributed by atoms with E-state index in [1.165, 1.54) is 12.0 Å². The molecule has 1 aromatic carbocycles. The summed E-state index contributed by atoms with van der Waals surface area (Å²) in [5.74, 6) is 0.197. The fourth-order valence-electron chi connectivity index (χ4n) is 2.16. The Morgan fingerprint density at radius 2 is 1.75 bits per heavy atom. The molecular weight excluding hydrogens is 198 g/mol. The lowest BCUT2D eigenvalue weighted by atomic mass is 10.1. The molecule has 0 aliphatic carbocycles. The van der Waals surface area contributed by atoms with Crippen molar-refractivity contribution in [1.29, 1.82) is 0 Å². The molecule has 0 spiro atoms. The van der Waals surface area contributed by atoms with Crippen molar-refractivity contribution in [2.45, 2.75) is 32.6 Å². The first-order chi connectivity index (χ1) is 7.81. The number of aryl methyl sites for hydroxylation is 1. The summed E-state index contributed by atoms with van der Waals surface area (Å²) in [6, 6.07) is 8.01. The van der Waals surface area contributed by atoms with Crippen LogP contribution in [-0.4, -0.2) is 23.9 Å². The molecule has 0 atom stereocenters. The molecule has 2 rings (SSSR count). The summed E-state index contributed by atoms with van der Waals surface area (Å²) >= 11 is 0. The zero-order chi connectivity index (χ0) is 11.4. The first-order valence-electron chi connectivity index (χ1n) is 6.19. The summed E-state index contributed by atoms with van der Waals surface area (Å²) in [7, 11) is 0. The molecule has 0 N–H and O–H groups in total. The maximum Gasteiger partial charge on any atom is 0.253 e. The minimum Gasteiger partial charge on any atom is -0.339 e. The number of likely N-dealkylation sites (tertiary alicyclic amines) is 1. The third-order valence-corrected chi connectivity index (χ3v) is 3.25. The first kappa shape index (κ1) is 11.2. The van der Waals surface area contributed by atoms with Crippen molar-refractivity contribution in [3.63, 3.8) is 0 Å². The van der Waals surface area contributed by atoms with Crippen LogP contribution >= 0.6 is 0 Å². The van der Waals surface area contributed by atoms with Crippen LogP contribution in [0.1, 0.15) is 42.1 Å². The SMILES string of the molecule is CCc1ccc(C(=O)N2CCCCC2)cc1. The number of hydrogen-bond acceptors (Lipinski definition) is 1. The van der Waals surface area contributed by atoms with Gasteiger partial charge in [-0.3, -0.25) is 4.79 Å².